The molecule has 28 heavy (non-hydrogen) atoms. The predicted molar refractivity (Wildman–Crippen MR) is 111 cm³/mol. The molecular formula is C22H22ClN3O2. The number of aromatic nitrogens is 1. The molecule has 2 heterocycles. The fourth-order valence-electron chi connectivity index (χ4n) is 3.67. The van der Waals surface area contributed by atoms with Crippen molar-refractivity contribution in [2.75, 3.05) is 24.5 Å². The molecule has 6 heteroatoms. The van der Waals surface area contributed by atoms with Crippen LogP contribution in [0.25, 0.3) is 11.3 Å². The van der Waals surface area contributed by atoms with Crippen LogP contribution in [0.3, 0.4) is 0 Å². The van der Waals surface area contributed by atoms with Gasteiger partial charge in [-0.15, -0.1) is 0 Å². The van der Waals surface area contributed by atoms with Crippen LogP contribution in [0.2, 0.25) is 5.02 Å². The summed E-state index contributed by atoms with van der Waals surface area (Å²) in [5.74, 6) is 0.727. The smallest absolute Gasteiger partial charge is 0.257 e. The number of aryl methyl sites for hydroxylation is 1. The van der Waals surface area contributed by atoms with Gasteiger partial charge in [-0.3, -0.25) is 4.79 Å². The van der Waals surface area contributed by atoms with Gasteiger partial charge in [-0.2, -0.15) is 0 Å². The highest BCUT2D eigenvalue weighted by Crippen LogP contribution is 2.31. The number of carbonyl (C=O) groups is 1. The van der Waals surface area contributed by atoms with E-state index in [0.29, 0.717) is 40.1 Å². The molecule has 3 aromatic rings. The quantitative estimate of drug-likeness (QED) is 0.688. The number of hydrogen-bond acceptors (Lipinski definition) is 4. The number of para-hydroxylation sites is 1. The van der Waals surface area contributed by atoms with Crippen molar-refractivity contribution in [3.8, 4) is 11.3 Å². The third-order valence-corrected chi connectivity index (χ3v) is 5.51. The monoisotopic (exact) mass is 395 g/mol. The summed E-state index contributed by atoms with van der Waals surface area (Å²) in [7, 11) is 0. The van der Waals surface area contributed by atoms with Crippen molar-refractivity contribution in [1.29, 1.82) is 0 Å². The van der Waals surface area contributed by atoms with Gasteiger partial charge >= 0.3 is 0 Å². The second-order valence-corrected chi connectivity index (χ2v) is 7.50. The Hall–Kier alpha value is -2.79. The molecule has 1 fully saturated rings. The summed E-state index contributed by atoms with van der Waals surface area (Å²) in [6, 6.07) is 17.7. The van der Waals surface area contributed by atoms with Gasteiger partial charge in [0.05, 0.1) is 5.02 Å². The van der Waals surface area contributed by atoms with Gasteiger partial charge in [-0.1, -0.05) is 53.2 Å². The summed E-state index contributed by atoms with van der Waals surface area (Å²) < 4.78 is 5.30. The molecule has 1 atom stereocenters. The van der Waals surface area contributed by atoms with Gasteiger partial charge in [-0.25, -0.2) is 0 Å². The SMILES string of the molecule is Cc1onc(-c2ccccc2Cl)c1C(=O)NCC1CCN(c2ccccc2)C1. The molecule has 0 radical (unpaired) electrons. The van der Waals surface area contributed by atoms with Gasteiger partial charge in [0.1, 0.15) is 17.0 Å². The first kappa shape index (κ1) is 18.6. The van der Waals surface area contributed by atoms with Gasteiger partial charge in [-0.05, 0) is 37.5 Å². The molecule has 2 aromatic carbocycles. The predicted octanol–water partition coefficient (Wildman–Crippen LogP) is 4.56. The third-order valence-electron chi connectivity index (χ3n) is 5.18. The lowest BCUT2D eigenvalue weighted by molar-refractivity contribution is 0.0947. The average molecular weight is 396 g/mol. The van der Waals surface area contributed by atoms with Gasteiger partial charge in [0.25, 0.3) is 5.91 Å². The van der Waals surface area contributed by atoms with E-state index >= 15 is 0 Å². The van der Waals surface area contributed by atoms with E-state index in [1.807, 2.05) is 24.3 Å². The fourth-order valence-corrected chi connectivity index (χ4v) is 3.90. The molecule has 0 aliphatic carbocycles. The van der Waals surface area contributed by atoms with E-state index in [9.17, 15) is 4.79 Å². The second kappa shape index (κ2) is 8.07. The Balaban J connectivity index is 1.43. The van der Waals surface area contributed by atoms with Crippen LogP contribution in [-0.4, -0.2) is 30.7 Å². The Morgan fingerprint density at radius 3 is 2.75 bits per heavy atom. The van der Waals surface area contributed by atoms with Crippen LogP contribution in [0.4, 0.5) is 5.69 Å². The van der Waals surface area contributed by atoms with Crippen molar-refractivity contribution >= 4 is 23.2 Å². The lowest BCUT2D eigenvalue weighted by Gasteiger charge is -2.18. The summed E-state index contributed by atoms with van der Waals surface area (Å²) in [4.78, 5) is 15.2. The van der Waals surface area contributed by atoms with Crippen molar-refractivity contribution < 1.29 is 9.32 Å². The number of nitrogens with one attached hydrogen (secondary N) is 1. The molecule has 0 bridgehead atoms. The van der Waals surface area contributed by atoms with E-state index in [0.717, 1.165) is 19.5 Å². The maximum Gasteiger partial charge on any atom is 0.257 e. The lowest BCUT2D eigenvalue weighted by atomic mass is 10.0. The molecule has 4 rings (SSSR count). The van der Waals surface area contributed by atoms with E-state index in [2.05, 4.69) is 39.6 Å². The molecule has 1 unspecified atom stereocenters. The van der Waals surface area contributed by atoms with Crippen LogP contribution in [0, 0.1) is 12.8 Å². The highest BCUT2D eigenvalue weighted by molar-refractivity contribution is 6.33. The van der Waals surface area contributed by atoms with Crippen LogP contribution in [0.5, 0.6) is 0 Å². The summed E-state index contributed by atoms with van der Waals surface area (Å²) >= 11 is 6.28. The van der Waals surface area contributed by atoms with Crippen molar-refractivity contribution in [1.82, 2.24) is 10.5 Å². The minimum absolute atomic E-state index is 0.174. The maximum absolute atomic E-state index is 12.9. The molecule has 1 N–H and O–H groups in total. The van der Waals surface area contributed by atoms with Gasteiger partial charge in [0, 0.05) is 30.9 Å². The van der Waals surface area contributed by atoms with E-state index in [1.165, 1.54) is 5.69 Å². The second-order valence-electron chi connectivity index (χ2n) is 7.09. The zero-order valence-corrected chi connectivity index (χ0v) is 16.4. The molecule has 5 nitrogen and oxygen atoms in total. The van der Waals surface area contributed by atoms with Crippen LogP contribution < -0.4 is 10.2 Å². The minimum atomic E-state index is -0.174. The summed E-state index contributed by atoms with van der Waals surface area (Å²) in [6.45, 7) is 4.30. The Labute approximate surface area is 169 Å². The minimum Gasteiger partial charge on any atom is -0.371 e. The maximum atomic E-state index is 12.9. The number of hydrogen-bond donors (Lipinski definition) is 1. The van der Waals surface area contributed by atoms with Crippen LogP contribution in [-0.2, 0) is 0 Å². The third kappa shape index (κ3) is 3.76. The summed E-state index contributed by atoms with van der Waals surface area (Å²) in [6.07, 6.45) is 1.05. The molecule has 0 spiro atoms. The van der Waals surface area contributed by atoms with E-state index in [-0.39, 0.29) is 5.91 Å². The molecule has 1 aromatic heterocycles. The number of carbonyl (C=O) groups excluding carboxylic acids is 1. The molecular weight excluding hydrogens is 374 g/mol. The first-order valence-electron chi connectivity index (χ1n) is 9.43. The van der Waals surface area contributed by atoms with E-state index < -0.39 is 0 Å². The lowest BCUT2D eigenvalue weighted by Crippen LogP contribution is -2.31. The summed E-state index contributed by atoms with van der Waals surface area (Å²) in [5.41, 5.74) is 2.86. The first-order valence-corrected chi connectivity index (χ1v) is 9.80. The zero-order chi connectivity index (χ0) is 19.5. The van der Waals surface area contributed by atoms with E-state index in [1.54, 1.807) is 13.0 Å². The van der Waals surface area contributed by atoms with Crippen molar-refractivity contribution in [3.63, 3.8) is 0 Å². The Morgan fingerprint density at radius 1 is 1.21 bits per heavy atom. The van der Waals surface area contributed by atoms with Crippen molar-refractivity contribution in [2.45, 2.75) is 13.3 Å². The van der Waals surface area contributed by atoms with Gasteiger partial charge in [0.2, 0.25) is 0 Å². The normalized spacial score (nSPS) is 16.4. The van der Waals surface area contributed by atoms with Gasteiger partial charge < -0.3 is 14.7 Å². The highest BCUT2D eigenvalue weighted by Gasteiger charge is 2.26. The van der Waals surface area contributed by atoms with Crippen molar-refractivity contribution in [2.24, 2.45) is 5.92 Å². The van der Waals surface area contributed by atoms with Crippen LogP contribution in [0.1, 0.15) is 22.5 Å². The Morgan fingerprint density at radius 2 is 1.96 bits per heavy atom. The molecule has 1 saturated heterocycles. The van der Waals surface area contributed by atoms with Gasteiger partial charge in [0.15, 0.2) is 0 Å². The first-order chi connectivity index (χ1) is 13.6. The Kier molecular flexibility index (Phi) is 5.35. The molecule has 0 saturated carbocycles. The number of halogens is 1. The molecule has 1 aliphatic rings. The topological polar surface area (TPSA) is 58.4 Å². The number of amides is 1. The Bertz CT molecular complexity index is 971. The average Bonchev–Trinajstić information content (AvgIpc) is 3.34. The molecule has 1 amide bonds. The summed E-state index contributed by atoms with van der Waals surface area (Å²) in [5, 5.41) is 7.67. The van der Waals surface area contributed by atoms with Crippen LogP contribution >= 0.6 is 11.6 Å². The fraction of sp³-hybridized carbons (Fsp3) is 0.273. The number of benzene rings is 2. The van der Waals surface area contributed by atoms with E-state index in [4.69, 9.17) is 16.1 Å². The number of rotatable bonds is 5. The van der Waals surface area contributed by atoms with Crippen molar-refractivity contribution in [3.05, 3.63) is 70.9 Å². The molecule has 144 valence electrons. The highest BCUT2D eigenvalue weighted by atomic mass is 35.5. The number of anilines is 1. The zero-order valence-electron chi connectivity index (χ0n) is 15.7. The number of nitrogens with zero attached hydrogens (tertiary/aromatic N) is 2. The molecule has 1 aliphatic heterocycles. The largest absolute Gasteiger partial charge is 0.371 e. The van der Waals surface area contributed by atoms with Crippen LogP contribution in [0.15, 0.2) is 59.1 Å². The standard InChI is InChI=1S/C22H22ClN3O2/c1-15-20(21(25-28-15)18-9-5-6-10-19(18)23)22(27)24-13-16-11-12-26(14-16)17-7-3-2-4-8-17/h2-10,16H,11-14H2,1H3,(H,24,27).